The van der Waals surface area contributed by atoms with Crippen LogP contribution in [-0.2, 0) is 6.54 Å². The molecule has 26 heavy (non-hydrogen) atoms. The van der Waals surface area contributed by atoms with Crippen LogP contribution in [0.4, 0.5) is 11.4 Å². The number of hydrogen-bond acceptors (Lipinski definition) is 4. The summed E-state index contributed by atoms with van der Waals surface area (Å²) < 4.78 is 5.83. The van der Waals surface area contributed by atoms with E-state index in [2.05, 4.69) is 0 Å². The van der Waals surface area contributed by atoms with E-state index in [1.54, 1.807) is 35.2 Å². The molecule has 0 radical (unpaired) electrons. The van der Waals surface area contributed by atoms with Gasteiger partial charge in [0.2, 0.25) is 5.75 Å². The van der Waals surface area contributed by atoms with Crippen molar-refractivity contribution in [2.24, 2.45) is 0 Å². The lowest BCUT2D eigenvalue weighted by Crippen LogP contribution is -2.29. The van der Waals surface area contributed by atoms with Crippen molar-refractivity contribution in [2.75, 3.05) is 4.90 Å². The summed E-state index contributed by atoms with van der Waals surface area (Å²) in [6, 6.07) is 21.0. The number of nitrogens with zero attached hydrogens (tertiary/aromatic N) is 2. The summed E-state index contributed by atoms with van der Waals surface area (Å²) in [5.74, 6) is 0.0489. The molecule has 1 aliphatic rings. The van der Waals surface area contributed by atoms with E-state index < -0.39 is 4.92 Å². The zero-order chi connectivity index (χ0) is 18.1. The highest BCUT2D eigenvalue weighted by Crippen LogP contribution is 2.43. The highest BCUT2D eigenvalue weighted by atomic mass is 16.6. The van der Waals surface area contributed by atoms with Crippen LogP contribution >= 0.6 is 0 Å². The second-order valence-electron chi connectivity index (χ2n) is 5.86. The number of fused-ring (bicyclic) bond motifs is 2. The van der Waals surface area contributed by atoms with Gasteiger partial charge in [-0.1, -0.05) is 48.5 Å². The van der Waals surface area contributed by atoms with Crippen molar-refractivity contribution in [1.29, 1.82) is 0 Å². The fourth-order valence-electron chi connectivity index (χ4n) is 3.00. The first kappa shape index (κ1) is 15.8. The zero-order valence-electron chi connectivity index (χ0n) is 13.7. The number of rotatable bonds is 3. The second-order valence-corrected chi connectivity index (χ2v) is 5.86. The first-order chi connectivity index (χ1) is 12.6. The summed E-state index contributed by atoms with van der Waals surface area (Å²) in [4.78, 5) is 25.6. The molecule has 6 heteroatoms. The number of para-hydroxylation sites is 3. The molecule has 128 valence electrons. The fourth-order valence-corrected chi connectivity index (χ4v) is 3.00. The lowest BCUT2D eigenvalue weighted by Gasteiger charge is -2.22. The number of carbonyl (C=O) groups excluding carboxylic acids is 1. The van der Waals surface area contributed by atoms with E-state index in [0.717, 1.165) is 5.56 Å². The van der Waals surface area contributed by atoms with Crippen LogP contribution in [0, 0.1) is 10.1 Å². The number of ether oxygens (including phenoxy) is 1. The molecular weight excluding hydrogens is 332 g/mol. The minimum absolute atomic E-state index is 0.0227. The minimum Gasteiger partial charge on any atom is -0.447 e. The lowest BCUT2D eigenvalue weighted by molar-refractivity contribution is -0.385. The van der Waals surface area contributed by atoms with E-state index in [1.807, 2.05) is 30.3 Å². The van der Waals surface area contributed by atoms with E-state index in [9.17, 15) is 14.9 Å². The molecule has 0 unspecified atom stereocenters. The van der Waals surface area contributed by atoms with Crippen molar-refractivity contribution in [1.82, 2.24) is 0 Å². The van der Waals surface area contributed by atoms with Crippen LogP contribution in [0.15, 0.2) is 72.8 Å². The summed E-state index contributed by atoms with van der Waals surface area (Å²) in [7, 11) is 0. The number of amides is 1. The summed E-state index contributed by atoms with van der Waals surface area (Å²) in [6.07, 6.45) is 0. The van der Waals surface area contributed by atoms with Crippen LogP contribution in [0.3, 0.4) is 0 Å². The first-order valence-corrected chi connectivity index (χ1v) is 8.05. The Morgan fingerprint density at radius 3 is 2.42 bits per heavy atom. The maximum absolute atomic E-state index is 13.2. The van der Waals surface area contributed by atoms with Crippen LogP contribution in [0.5, 0.6) is 11.5 Å². The summed E-state index contributed by atoms with van der Waals surface area (Å²) in [6.45, 7) is 0.335. The van der Waals surface area contributed by atoms with Gasteiger partial charge in [0.1, 0.15) is 0 Å². The van der Waals surface area contributed by atoms with E-state index >= 15 is 0 Å². The van der Waals surface area contributed by atoms with Gasteiger partial charge in [-0.2, -0.15) is 0 Å². The summed E-state index contributed by atoms with van der Waals surface area (Å²) in [5, 5.41) is 11.4. The van der Waals surface area contributed by atoms with Crippen molar-refractivity contribution in [3.8, 4) is 11.5 Å². The van der Waals surface area contributed by atoms with Gasteiger partial charge in [0.15, 0.2) is 5.75 Å². The SMILES string of the molecule is O=C1c2cccc([N+](=O)[O-])c2Oc2ccccc2N1Cc1ccccc1. The predicted molar refractivity (Wildman–Crippen MR) is 96.6 cm³/mol. The molecule has 0 spiro atoms. The third kappa shape index (κ3) is 2.67. The summed E-state index contributed by atoms with van der Waals surface area (Å²) >= 11 is 0. The van der Waals surface area contributed by atoms with Crippen molar-refractivity contribution < 1.29 is 14.5 Å². The number of nitro benzene ring substituents is 1. The third-order valence-corrected chi connectivity index (χ3v) is 4.22. The Hall–Kier alpha value is -3.67. The highest BCUT2D eigenvalue weighted by Gasteiger charge is 2.32. The number of hydrogen-bond donors (Lipinski definition) is 0. The van der Waals surface area contributed by atoms with Crippen LogP contribution in [0.2, 0.25) is 0 Å². The van der Waals surface area contributed by atoms with E-state index in [0.29, 0.717) is 18.0 Å². The topological polar surface area (TPSA) is 72.7 Å². The largest absolute Gasteiger partial charge is 0.447 e. The van der Waals surface area contributed by atoms with E-state index in [1.165, 1.54) is 12.1 Å². The van der Waals surface area contributed by atoms with Crippen LogP contribution in [0.25, 0.3) is 0 Å². The zero-order valence-corrected chi connectivity index (χ0v) is 13.7. The van der Waals surface area contributed by atoms with Crippen molar-refractivity contribution in [3.63, 3.8) is 0 Å². The molecule has 0 saturated heterocycles. The first-order valence-electron chi connectivity index (χ1n) is 8.05. The molecule has 3 aromatic carbocycles. The third-order valence-electron chi connectivity index (χ3n) is 4.22. The number of nitro groups is 1. The molecule has 4 rings (SSSR count). The molecule has 0 saturated carbocycles. The fraction of sp³-hybridized carbons (Fsp3) is 0.0500. The maximum atomic E-state index is 13.2. The van der Waals surface area contributed by atoms with Gasteiger partial charge < -0.3 is 9.64 Å². The normalized spacial score (nSPS) is 12.6. The van der Waals surface area contributed by atoms with Gasteiger partial charge in [0.05, 0.1) is 22.7 Å². The Morgan fingerprint density at radius 2 is 1.65 bits per heavy atom. The Bertz CT molecular complexity index is 1000. The molecular formula is C20H14N2O4. The van der Waals surface area contributed by atoms with Gasteiger partial charge in [-0.3, -0.25) is 14.9 Å². The monoisotopic (exact) mass is 346 g/mol. The van der Waals surface area contributed by atoms with Gasteiger partial charge in [0, 0.05) is 6.07 Å². The lowest BCUT2D eigenvalue weighted by atomic mass is 10.1. The highest BCUT2D eigenvalue weighted by molar-refractivity contribution is 6.10. The van der Waals surface area contributed by atoms with E-state index in [-0.39, 0.29) is 22.9 Å². The second kappa shape index (κ2) is 6.33. The molecule has 1 aliphatic heterocycles. The van der Waals surface area contributed by atoms with Gasteiger partial charge in [-0.15, -0.1) is 0 Å². The Kier molecular flexibility index (Phi) is 3.85. The van der Waals surface area contributed by atoms with E-state index in [4.69, 9.17) is 4.74 Å². The molecule has 0 aromatic heterocycles. The standard InChI is InChI=1S/C20H14N2O4/c23-20-15-9-6-11-17(22(24)25)19(15)26-18-12-5-4-10-16(18)21(20)13-14-7-2-1-3-8-14/h1-12H,13H2. The molecule has 1 amide bonds. The van der Waals surface area contributed by atoms with Crippen molar-refractivity contribution in [2.45, 2.75) is 6.54 Å². The Morgan fingerprint density at radius 1 is 0.923 bits per heavy atom. The molecule has 0 fully saturated rings. The molecule has 1 heterocycles. The van der Waals surface area contributed by atoms with Crippen LogP contribution < -0.4 is 9.64 Å². The predicted octanol–water partition coefficient (Wildman–Crippen LogP) is 4.55. The molecule has 0 bridgehead atoms. The molecule has 0 aliphatic carbocycles. The summed E-state index contributed by atoms with van der Waals surface area (Å²) in [5.41, 5.74) is 1.47. The van der Waals surface area contributed by atoms with Crippen LogP contribution in [0.1, 0.15) is 15.9 Å². The number of carbonyl (C=O) groups is 1. The average molecular weight is 346 g/mol. The molecule has 6 nitrogen and oxygen atoms in total. The van der Waals surface area contributed by atoms with Gasteiger partial charge in [0.25, 0.3) is 5.91 Å². The van der Waals surface area contributed by atoms with Gasteiger partial charge in [-0.05, 0) is 23.8 Å². The smallest absolute Gasteiger partial charge is 0.312 e. The number of anilines is 1. The minimum atomic E-state index is -0.540. The van der Waals surface area contributed by atoms with Crippen molar-refractivity contribution in [3.05, 3.63) is 94.0 Å². The van der Waals surface area contributed by atoms with Gasteiger partial charge >= 0.3 is 5.69 Å². The van der Waals surface area contributed by atoms with Crippen molar-refractivity contribution >= 4 is 17.3 Å². The molecule has 3 aromatic rings. The average Bonchev–Trinajstić information content (AvgIpc) is 2.78. The van der Waals surface area contributed by atoms with Crippen LogP contribution in [-0.4, -0.2) is 10.8 Å². The number of benzene rings is 3. The Balaban J connectivity index is 1.89. The quantitative estimate of drug-likeness (QED) is 0.515. The maximum Gasteiger partial charge on any atom is 0.312 e. The molecule has 0 N–H and O–H groups in total. The van der Waals surface area contributed by atoms with Gasteiger partial charge in [-0.25, -0.2) is 0 Å². The molecule has 0 atom stereocenters. The Labute approximate surface area is 149 Å².